The van der Waals surface area contributed by atoms with Gasteiger partial charge in [0.15, 0.2) is 0 Å². The maximum absolute atomic E-state index is 12.1. The molecule has 3 heteroatoms. The highest BCUT2D eigenvalue weighted by Crippen LogP contribution is 2.28. The zero-order chi connectivity index (χ0) is 13.7. The molecule has 0 heterocycles. The Labute approximate surface area is 115 Å². The Hall–Kier alpha value is -1.35. The van der Waals surface area contributed by atoms with E-state index in [1.54, 1.807) is 0 Å². The van der Waals surface area contributed by atoms with Crippen LogP contribution >= 0.6 is 0 Å². The van der Waals surface area contributed by atoms with Crippen molar-refractivity contribution in [2.24, 2.45) is 5.73 Å². The molecule has 1 aliphatic carbocycles. The average Bonchev–Trinajstić information content (AvgIpc) is 2.88. The molecule has 0 aromatic heterocycles. The number of carbonyl (C=O) groups is 1. The maximum atomic E-state index is 12.1. The first-order valence-corrected chi connectivity index (χ1v) is 7.26. The summed E-state index contributed by atoms with van der Waals surface area (Å²) >= 11 is 0. The third-order valence-corrected chi connectivity index (χ3v) is 4.15. The van der Waals surface area contributed by atoms with Crippen LogP contribution in [0.25, 0.3) is 0 Å². The highest BCUT2D eigenvalue weighted by molar-refractivity contribution is 5.79. The Kier molecular flexibility index (Phi) is 4.59. The highest BCUT2D eigenvalue weighted by atomic mass is 16.1. The van der Waals surface area contributed by atoms with Gasteiger partial charge in [-0.15, -0.1) is 0 Å². The Morgan fingerprint density at radius 1 is 1.21 bits per heavy atom. The molecule has 1 fully saturated rings. The molecular weight excluding hydrogens is 236 g/mol. The minimum absolute atomic E-state index is 0.0941. The van der Waals surface area contributed by atoms with Gasteiger partial charge in [-0.1, -0.05) is 44.0 Å². The Balaban J connectivity index is 1.93. The van der Waals surface area contributed by atoms with E-state index < -0.39 is 0 Å². The predicted molar refractivity (Wildman–Crippen MR) is 77.9 cm³/mol. The van der Waals surface area contributed by atoms with Gasteiger partial charge in [-0.2, -0.15) is 0 Å². The summed E-state index contributed by atoms with van der Waals surface area (Å²) in [7, 11) is 0. The van der Waals surface area contributed by atoms with Crippen LogP contribution in [0, 0.1) is 0 Å². The monoisotopic (exact) mass is 260 g/mol. The molecule has 0 atom stereocenters. The van der Waals surface area contributed by atoms with Crippen molar-refractivity contribution in [3.8, 4) is 0 Å². The van der Waals surface area contributed by atoms with Crippen molar-refractivity contribution in [2.75, 3.05) is 6.54 Å². The second kappa shape index (κ2) is 6.20. The zero-order valence-corrected chi connectivity index (χ0v) is 11.7. The second-order valence-corrected chi connectivity index (χ2v) is 5.59. The second-order valence-electron chi connectivity index (χ2n) is 5.59. The van der Waals surface area contributed by atoms with Crippen LogP contribution in [0.2, 0.25) is 0 Å². The molecule has 0 radical (unpaired) electrons. The molecule has 2 rings (SSSR count). The van der Waals surface area contributed by atoms with Crippen molar-refractivity contribution in [1.82, 2.24) is 5.32 Å². The van der Waals surface area contributed by atoms with E-state index in [0.29, 0.717) is 13.0 Å². The summed E-state index contributed by atoms with van der Waals surface area (Å²) in [5, 5.41) is 3.16. The summed E-state index contributed by atoms with van der Waals surface area (Å²) in [4.78, 5) is 12.1. The van der Waals surface area contributed by atoms with Crippen LogP contribution in [0.15, 0.2) is 24.3 Å². The molecule has 0 saturated heterocycles. The third-order valence-electron chi connectivity index (χ3n) is 4.15. The van der Waals surface area contributed by atoms with E-state index in [1.165, 1.54) is 18.4 Å². The molecule has 0 aliphatic heterocycles. The number of nitrogens with two attached hydrogens (primary N) is 1. The van der Waals surface area contributed by atoms with Crippen molar-refractivity contribution >= 4 is 5.91 Å². The van der Waals surface area contributed by atoms with E-state index >= 15 is 0 Å². The molecule has 1 aromatic carbocycles. The highest BCUT2D eigenvalue weighted by Gasteiger charge is 2.33. The van der Waals surface area contributed by atoms with Crippen molar-refractivity contribution in [3.63, 3.8) is 0 Å². The maximum Gasteiger partial charge on any atom is 0.224 e. The van der Waals surface area contributed by atoms with Crippen LogP contribution in [0.5, 0.6) is 0 Å². The lowest BCUT2D eigenvalue weighted by atomic mass is 9.97. The fourth-order valence-electron chi connectivity index (χ4n) is 2.85. The van der Waals surface area contributed by atoms with Crippen molar-refractivity contribution in [3.05, 3.63) is 35.4 Å². The molecule has 3 nitrogen and oxygen atoms in total. The van der Waals surface area contributed by atoms with Gasteiger partial charge in [0.2, 0.25) is 5.91 Å². The van der Waals surface area contributed by atoms with Crippen molar-refractivity contribution in [2.45, 2.75) is 51.0 Å². The summed E-state index contributed by atoms with van der Waals surface area (Å²) in [6, 6.07) is 8.28. The minimum atomic E-state index is -0.138. The molecule has 1 amide bonds. The predicted octanol–water partition coefficient (Wildman–Crippen LogP) is 2.18. The molecule has 3 N–H and O–H groups in total. The average molecular weight is 260 g/mol. The number of rotatable bonds is 5. The van der Waals surface area contributed by atoms with Gasteiger partial charge in [0.1, 0.15) is 0 Å². The number of carbonyl (C=O) groups excluding carboxylic acids is 1. The van der Waals surface area contributed by atoms with E-state index in [1.807, 2.05) is 12.1 Å². The molecule has 0 spiro atoms. The lowest BCUT2D eigenvalue weighted by molar-refractivity contribution is -0.122. The van der Waals surface area contributed by atoms with Crippen LogP contribution in [-0.4, -0.2) is 18.0 Å². The van der Waals surface area contributed by atoms with E-state index in [-0.39, 0.29) is 11.4 Å². The summed E-state index contributed by atoms with van der Waals surface area (Å²) < 4.78 is 0. The summed E-state index contributed by atoms with van der Waals surface area (Å²) in [6.07, 6.45) is 5.86. The first kappa shape index (κ1) is 14.1. The molecular formula is C16H24N2O. The van der Waals surface area contributed by atoms with Crippen LogP contribution < -0.4 is 11.1 Å². The lowest BCUT2D eigenvalue weighted by Crippen LogP contribution is -2.52. The summed E-state index contributed by atoms with van der Waals surface area (Å²) in [6.45, 7) is 2.68. The smallest absolute Gasteiger partial charge is 0.224 e. The van der Waals surface area contributed by atoms with Gasteiger partial charge in [0, 0.05) is 6.54 Å². The molecule has 1 aliphatic rings. The Bertz CT molecular complexity index is 419. The Morgan fingerprint density at radius 2 is 1.79 bits per heavy atom. The summed E-state index contributed by atoms with van der Waals surface area (Å²) in [5.74, 6) is 0.0941. The molecule has 19 heavy (non-hydrogen) atoms. The van der Waals surface area contributed by atoms with Crippen LogP contribution in [0.1, 0.15) is 43.7 Å². The van der Waals surface area contributed by atoms with Crippen LogP contribution in [0.3, 0.4) is 0 Å². The van der Waals surface area contributed by atoms with E-state index in [9.17, 15) is 4.79 Å². The van der Waals surface area contributed by atoms with Gasteiger partial charge >= 0.3 is 0 Å². The van der Waals surface area contributed by atoms with E-state index in [2.05, 4.69) is 24.4 Å². The van der Waals surface area contributed by atoms with Crippen molar-refractivity contribution in [1.29, 1.82) is 0 Å². The SMILES string of the molecule is CCc1ccc(CC(=O)NC2(CN)CCCC2)cc1. The summed E-state index contributed by atoms with van der Waals surface area (Å²) in [5.41, 5.74) is 8.07. The standard InChI is InChI=1S/C16H24N2O/c1-2-13-5-7-14(8-6-13)11-15(19)18-16(12-17)9-3-4-10-16/h5-8H,2-4,9-12,17H2,1H3,(H,18,19). The van der Waals surface area contributed by atoms with Gasteiger partial charge in [0.25, 0.3) is 0 Å². The van der Waals surface area contributed by atoms with Gasteiger partial charge in [-0.05, 0) is 30.4 Å². The molecule has 1 aromatic rings. The van der Waals surface area contributed by atoms with E-state index in [4.69, 9.17) is 5.73 Å². The minimum Gasteiger partial charge on any atom is -0.349 e. The van der Waals surface area contributed by atoms with Crippen LogP contribution in [-0.2, 0) is 17.6 Å². The first-order chi connectivity index (χ1) is 9.17. The number of benzene rings is 1. The Morgan fingerprint density at radius 3 is 2.32 bits per heavy atom. The number of aryl methyl sites for hydroxylation is 1. The van der Waals surface area contributed by atoms with E-state index in [0.717, 1.165) is 24.8 Å². The fourth-order valence-corrected chi connectivity index (χ4v) is 2.85. The number of hydrogen-bond acceptors (Lipinski definition) is 2. The normalized spacial score (nSPS) is 17.4. The van der Waals surface area contributed by atoms with Gasteiger partial charge < -0.3 is 11.1 Å². The molecule has 0 bridgehead atoms. The van der Waals surface area contributed by atoms with Crippen molar-refractivity contribution < 1.29 is 4.79 Å². The topological polar surface area (TPSA) is 55.1 Å². The van der Waals surface area contributed by atoms with Gasteiger partial charge in [0.05, 0.1) is 12.0 Å². The van der Waals surface area contributed by atoms with Gasteiger partial charge in [-0.3, -0.25) is 4.79 Å². The first-order valence-electron chi connectivity index (χ1n) is 7.26. The van der Waals surface area contributed by atoms with Gasteiger partial charge in [-0.25, -0.2) is 0 Å². The molecule has 1 saturated carbocycles. The molecule has 104 valence electrons. The quantitative estimate of drug-likeness (QED) is 0.852. The zero-order valence-electron chi connectivity index (χ0n) is 11.7. The fraction of sp³-hybridized carbons (Fsp3) is 0.562. The third kappa shape index (κ3) is 3.57. The lowest BCUT2D eigenvalue weighted by Gasteiger charge is -2.28. The number of hydrogen-bond donors (Lipinski definition) is 2. The number of nitrogens with one attached hydrogen (secondary N) is 1. The largest absolute Gasteiger partial charge is 0.349 e. The number of amides is 1. The molecule has 0 unspecified atom stereocenters. The van der Waals surface area contributed by atoms with Crippen LogP contribution in [0.4, 0.5) is 0 Å².